The minimum absolute atomic E-state index is 0.379. The Morgan fingerprint density at radius 1 is 1.12 bits per heavy atom. The van der Waals surface area contributed by atoms with E-state index in [4.69, 9.17) is 4.74 Å². The van der Waals surface area contributed by atoms with Gasteiger partial charge in [0.15, 0.2) is 11.5 Å². The molecule has 26 heavy (non-hydrogen) atoms. The first-order valence-corrected chi connectivity index (χ1v) is 9.32. The minimum atomic E-state index is 0.379. The molecule has 1 saturated carbocycles. The van der Waals surface area contributed by atoms with E-state index in [2.05, 4.69) is 35.9 Å². The van der Waals surface area contributed by atoms with Gasteiger partial charge in [-0.15, -0.1) is 15.3 Å². The molecule has 0 N–H and O–H groups in total. The molecule has 3 aromatic heterocycles. The lowest BCUT2D eigenvalue weighted by Gasteiger charge is -2.30. The number of piperidine rings is 1. The highest BCUT2D eigenvalue weighted by atomic mass is 16.5. The number of hydrogen-bond acceptors (Lipinski definition) is 6. The van der Waals surface area contributed by atoms with Crippen LogP contribution in [-0.4, -0.2) is 54.5 Å². The third-order valence-corrected chi connectivity index (χ3v) is 5.48. The Bertz CT molecular complexity index is 905. The fourth-order valence-electron chi connectivity index (χ4n) is 3.85. The average molecular weight is 353 g/mol. The van der Waals surface area contributed by atoms with Gasteiger partial charge in [0.25, 0.3) is 0 Å². The zero-order valence-corrected chi connectivity index (χ0v) is 15.0. The van der Waals surface area contributed by atoms with E-state index in [1.807, 2.05) is 22.8 Å². The minimum Gasteiger partial charge on any atom is -0.480 e. The molecule has 0 spiro atoms. The molecular formula is C18H23N7O. The third kappa shape index (κ3) is 2.84. The van der Waals surface area contributed by atoms with Crippen molar-refractivity contribution in [1.82, 2.24) is 34.3 Å². The Morgan fingerprint density at radius 3 is 2.73 bits per heavy atom. The molecule has 8 heteroatoms. The fraction of sp³-hybridized carbons (Fsp3) is 0.556. The standard InChI is InChI=1S/C18H23N7O/c1-26-17-5-4-15-20-21-18(25(15)22-17)13-6-9-23(10-7-13)12-16-19-8-11-24(16)14-2-3-14/h4-5,8,11,13-14H,2-3,6-7,9-10,12H2,1H3. The number of nitrogens with zero attached hydrogens (tertiary/aromatic N) is 7. The molecule has 3 aromatic rings. The van der Waals surface area contributed by atoms with Crippen LogP contribution in [0.25, 0.3) is 5.65 Å². The summed E-state index contributed by atoms with van der Waals surface area (Å²) in [5.74, 6) is 3.11. The number of imidazole rings is 1. The molecule has 0 aromatic carbocycles. The summed E-state index contributed by atoms with van der Waals surface area (Å²) in [5, 5.41) is 13.1. The van der Waals surface area contributed by atoms with Gasteiger partial charge < -0.3 is 9.30 Å². The Hall–Kier alpha value is -2.48. The van der Waals surface area contributed by atoms with Crippen molar-refractivity contribution in [3.05, 3.63) is 36.2 Å². The molecule has 4 heterocycles. The number of fused-ring (bicyclic) bond motifs is 1. The lowest BCUT2D eigenvalue weighted by molar-refractivity contribution is 0.194. The van der Waals surface area contributed by atoms with Gasteiger partial charge in [0, 0.05) is 30.4 Å². The summed E-state index contributed by atoms with van der Waals surface area (Å²) in [4.78, 5) is 7.07. The Kier molecular flexibility index (Phi) is 3.85. The van der Waals surface area contributed by atoms with Gasteiger partial charge in [0.05, 0.1) is 13.7 Å². The first-order chi connectivity index (χ1) is 12.8. The molecule has 5 rings (SSSR count). The van der Waals surface area contributed by atoms with E-state index < -0.39 is 0 Å². The van der Waals surface area contributed by atoms with E-state index in [-0.39, 0.29) is 0 Å². The zero-order chi connectivity index (χ0) is 17.5. The third-order valence-electron chi connectivity index (χ3n) is 5.48. The van der Waals surface area contributed by atoms with Crippen molar-refractivity contribution in [2.24, 2.45) is 0 Å². The van der Waals surface area contributed by atoms with E-state index in [0.29, 0.717) is 17.8 Å². The summed E-state index contributed by atoms with van der Waals surface area (Å²) in [6.07, 6.45) is 8.76. The normalized spacial score (nSPS) is 19.3. The van der Waals surface area contributed by atoms with Crippen LogP contribution in [0.1, 0.15) is 49.3 Å². The number of likely N-dealkylation sites (tertiary alicyclic amines) is 1. The molecule has 1 aliphatic carbocycles. The largest absolute Gasteiger partial charge is 0.480 e. The summed E-state index contributed by atoms with van der Waals surface area (Å²) >= 11 is 0. The van der Waals surface area contributed by atoms with Crippen molar-refractivity contribution in [2.75, 3.05) is 20.2 Å². The lowest BCUT2D eigenvalue weighted by atomic mass is 9.96. The van der Waals surface area contributed by atoms with Crippen molar-refractivity contribution in [1.29, 1.82) is 0 Å². The van der Waals surface area contributed by atoms with Crippen LogP contribution in [0, 0.1) is 0 Å². The van der Waals surface area contributed by atoms with Gasteiger partial charge >= 0.3 is 0 Å². The molecule has 136 valence electrons. The van der Waals surface area contributed by atoms with Gasteiger partial charge in [0.1, 0.15) is 5.82 Å². The highest BCUT2D eigenvalue weighted by molar-refractivity contribution is 5.38. The molecule has 2 fully saturated rings. The molecule has 0 bridgehead atoms. The molecule has 0 unspecified atom stereocenters. The van der Waals surface area contributed by atoms with Crippen molar-refractivity contribution in [2.45, 2.75) is 44.2 Å². The summed E-state index contributed by atoms with van der Waals surface area (Å²) in [5.41, 5.74) is 0.773. The maximum atomic E-state index is 5.24. The first-order valence-electron chi connectivity index (χ1n) is 9.32. The second-order valence-corrected chi connectivity index (χ2v) is 7.24. The van der Waals surface area contributed by atoms with Gasteiger partial charge in [-0.3, -0.25) is 4.90 Å². The van der Waals surface area contributed by atoms with Crippen molar-refractivity contribution >= 4 is 5.65 Å². The predicted molar refractivity (Wildman–Crippen MR) is 95.1 cm³/mol. The predicted octanol–water partition coefficient (Wildman–Crippen LogP) is 2.04. The monoisotopic (exact) mass is 353 g/mol. The average Bonchev–Trinajstić information content (AvgIpc) is 3.27. The topological polar surface area (TPSA) is 73.4 Å². The van der Waals surface area contributed by atoms with Crippen LogP contribution in [-0.2, 0) is 6.54 Å². The molecule has 8 nitrogen and oxygen atoms in total. The maximum absolute atomic E-state index is 5.24. The Balaban J connectivity index is 1.27. The molecule has 1 aliphatic heterocycles. The van der Waals surface area contributed by atoms with Crippen molar-refractivity contribution in [3.8, 4) is 5.88 Å². The summed E-state index contributed by atoms with van der Waals surface area (Å²) in [6, 6.07) is 4.40. The van der Waals surface area contributed by atoms with Gasteiger partial charge in [-0.1, -0.05) is 0 Å². The van der Waals surface area contributed by atoms with Gasteiger partial charge in [0.2, 0.25) is 5.88 Å². The van der Waals surface area contributed by atoms with E-state index in [0.717, 1.165) is 43.9 Å². The van der Waals surface area contributed by atoms with E-state index in [1.165, 1.54) is 18.7 Å². The number of methoxy groups -OCH3 is 1. The number of ether oxygens (including phenoxy) is 1. The van der Waals surface area contributed by atoms with Crippen LogP contribution in [0.15, 0.2) is 24.5 Å². The second kappa shape index (κ2) is 6.35. The molecule has 0 amide bonds. The Labute approximate surface area is 151 Å². The van der Waals surface area contributed by atoms with Gasteiger partial charge in [-0.05, 0) is 44.8 Å². The summed E-state index contributed by atoms with van der Waals surface area (Å²) in [7, 11) is 1.63. The highest BCUT2D eigenvalue weighted by Crippen LogP contribution is 2.36. The van der Waals surface area contributed by atoms with Crippen LogP contribution >= 0.6 is 0 Å². The van der Waals surface area contributed by atoms with E-state index in [1.54, 1.807) is 7.11 Å². The van der Waals surface area contributed by atoms with Gasteiger partial charge in [-0.2, -0.15) is 4.52 Å². The van der Waals surface area contributed by atoms with Crippen LogP contribution in [0.5, 0.6) is 5.88 Å². The zero-order valence-electron chi connectivity index (χ0n) is 15.0. The fourth-order valence-corrected chi connectivity index (χ4v) is 3.85. The van der Waals surface area contributed by atoms with Crippen molar-refractivity contribution in [3.63, 3.8) is 0 Å². The SMILES string of the molecule is COc1ccc2nnc(C3CCN(Cc4nccn4C4CC4)CC3)n2n1. The van der Waals surface area contributed by atoms with Crippen LogP contribution in [0.2, 0.25) is 0 Å². The molecule has 0 radical (unpaired) electrons. The second-order valence-electron chi connectivity index (χ2n) is 7.24. The van der Waals surface area contributed by atoms with Crippen LogP contribution in [0.4, 0.5) is 0 Å². The molecule has 2 aliphatic rings. The first kappa shape index (κ1) is 15.7. The van der Waals surface area contributed by atoms with Gasteiger partial charge in [-0.25, -0.2) is 4.98 Å². The number of aromatic nitrogens is 6. The molecule has 1 saturated heterocycles. The van der Waals surface area contributed by atoms with E-state index in [9.17, 15) is 0 Å². The number of hydrogen-bond donors (Lipinski definition) is 0. The smallest absolute Gasteiger partial charge is 0.231 e. The summed E-state index contributed by atoms with van der Waals surface area (Å²) in [6.45, 7) is 3.02. The summed E-state index contributed by atoms with van der Waals surface area (Å²) < 4.78 is 9.43. The van der Waals surface area contributed by atoms with E-state index >= 15 is 0 Å². The maximum Gasteiger partial charge on any atom is 0.231 e. The highest BCUT2D eigenvalue weighted by Gasteiger charge is 2.28. The number of rotatable bonds is 5. The van der Waals surface area contributed by atoms with Crippen LogP contribution < -0.4 is 4.74 Å². The van der Waals surface area contributed by atoms with Crippen LogP contribution in [0.3, 0.4) is 0 Å². The quantitative estimate of drug-likeness (QED) is 0.699. The molecular weight excluding hydrogens is 330 g/mol. The molecule has 0 atom stereocenters. The Morgan fingerprint density at radius 2 is 1.96 bits per heavy atom. The van der Waals surface area contributed by atoms with Crippen molar-refractivity contribution < 1.29 is 4.74 Å². The lowest BCUT2D eigenvalue weighted by Crippen LogP contribution is -2.34.